The number of anilines is 1. The lowest BCUT2D eigenvalue weighted by atomic mass is 10.1. The van der Waals surface area contributed by atoms with E-state index >= 15 is 0 Å². The summed E-state index contributed by atoms with van der Waals surface area (Å²) in [6.07, 6.45) is 1.38. The molecule has 1 aromatic carbocycles. The van der Waals surface area contributed by atoms with E-state index in [4.69, 9.17) is 5.11 Å². The van der Waals surface area contributed by atoms with Crippen molar-refractivity contribution in [3.8, 4) is 0 Å². The van der Waals surface area contributed by atoms with Gasteiger partial charge in [0.05, 0.1) is 23.2 Å². The van der Waals surface area contributed by atoms with Crippen molar-refractivity contribution in [2.75, 3.05) is 4.72 Å². The first kappa shape index (κ1) is 15.5. The number of carboxylic acids is 1. The Bertz CT molecular complexity index is 760. The topological polar surface area (TPSA) is 96.4 Å². The van der Waals surface area contributed by atoms with Crippen LogP contribution < -0.4 is 4.72 Å². The lowest BCUT2D eigenvalue weighted by molar-refractivity contribution is 0.0696. The summed E-state index contributed by atoms with van der Waals surface area (Å²) >= 11 is 3.16. The Morgan fingerprint density at radius 3 is 2.67 bits per heavy atom. The van der Waals surface area contributed by atoms with Crippen molar-refractivity contribution in [1.82, 2.24) is 4.98 Å². The molecule has 0 aliphatic carbocycles. The number of halogens is 1. The minimum absolute atomic E-state index is 0.0491. The number of hydrogen-bond donors (Lipinski definition) is 2. The van der Waals surface area contributed by atoms with Gasteiger partial charge in [0.15, 0.2) is 0 Å². The van der Waals surface area contributed by atoms with Crippen molar-refractivity contribution in [1.29, 1.82) is 0 Å². The normalized spacial score (nSPS) is 11.1. The summed E-state index contributed by atoms with van der Waals surface area (Å²) in [4.78, 5) is 14.8. The Morgan fingerprint density at radius 2 is 2.05 bits per heavy atom. The van der Waals surface area contributed by atoms with Gasteiger partial charge in [-0.25, -0.2) is 18.2 Å². The molecule has 0 fully saturated rings. The van der Waals surface area contributed by atoms with Crippen LogP contribution in [-0.2, 0) is 15.8 Å². The second-order valence-electron chi connectivity index (χ2n) is 4.24. The number of rotatable bonds is 5. The molecule has 0 saturated carbocycles. The first-order valence-electron chi connectivity index (χ1n) is 5.80. The number of aromatic carboxylic acids is 1. The van der Waals surface area contributed by atoms with Gasteiger partial charge in [0.2, 0.25) is 10.0 Å². The number of pyridine rings is 1. The van der Waals surface area contributed by atoms with Crippen molar-refractivity contribution < 1.29 is 18.3 Å². The fourth-order valence-corrected chi connectivity index (χ4v) is 3.07. The van der Waals surface area contributed by atoms with Gasteiger partial charge in [0.25, 0.3) is 0 Å². The van der Waals surface area contributed by atoms with Crippen LogP contribution in [0.3, 0.4) is 0 Å². The predicted molar refractivity (Wildman–Crippen MR) is 81.6 cm³/mol. The molecule has 1 heterocycles. The highest BCUT2D eigenvalue weighted by molar-refractivity contribution is 9.10. The van der Waals surface area contributed by atoms with E-state index in [2.05, 4.69) is 25.6 Å². The second kappa shape index (κ2) is 6.23. The van der Waals surface area contributed by atoms with Crippen molar-refractivity contribution >= 4 is 37.6 Å². The second-order valence-corrected chi connectivity index (χ2v) is 6.77. The first-order chi connectivity index (χ1) is 9.85. The smallest absolute Gasteiger partial charge is 0.335 e. The minimum Gasteiger partial charge on any atom is -0.478 e. The Balaban J connectivity index is 2.15. The highest BCUT2D eigenvalue weighted by atomic mass is 79.9. The zero-order valence-electron chi connectivity index (χ0n) is 10.7. The van der Waals surface area contributed by atoms with E-state index in [1.807, 2.05) is 0 Å². The molecule has 2 rings (SSSR count). The van der Waals surface area contributed by atoms with E-state index in [1.54, 1.807) is 18.2 Å². The lowest BCUT2D eigenvalue weighted by Gasteiger charge is -2.08. The molecule has 0 unspecified atom stereocenters. The number of carboxylic acid groups (broad SMARTS) is 1. The SMILES string of the molecule is O=C(O)c1cccc(CS(=O)(=O)Nc2ccc(Br)nc2)c1. The Labute approximate surface area is 130 Å². The summed E-state index contributed by atoms with van der Waals surface area (Å²) in [5.41, 5.74) is 0.785. The molecule has 0 saturated heterocycles. The van der Waals surface area contributed by atoms with E-state index in [0.717, 1.165) is 0 Å². The zero-order valence-corrected chi connectivity index (χ0v) is 13.1. The summed E-state index contributed by atoms with van der Waals surface area (Å²) in [5.74, 6) is -1.41. The molecule has 0 spiro atoms. The third-order valence-corrected chi connectivity index (χ3v) is 4.26. The van der Waals surface area contributed by atoms with E-state index in [9.17, 15) is 13.2 Å². The molecule has 6 nitrogen and oxygen atoms in total. The summed E-state index contributed by atoms with van der Waals surface area (Å²) < 4.78 is 27.1. The van der Waals surface area contributed by atoms with Crippen LogP contribution in [0.5, 0.6) is 0 Å². The molecule has 0 aliphatic heterocycles. The maximum Gasteiger partial charge on any atom is 0.335 e. The average Bonchev–Trinajstić information content (AvgIpc) is 2.41. The lowest BCUT2D eigenvalue weighted by Crippen LogP contribution is -2.15. The van der Waals surface area contributed by atoms with E-state index < -0.39 is 16.0 Å². The first-order valence-corrected chi connectivity index (χ1v) is 8.24. The molecule has 2 aromatic rings. The van der Waals surface area contributed by atoms with Gasteiger partial charge >= 0.3 is 5.97 Å². The van der Waals surface area contributed by atoms with Crippen LogP contribution in [0.4, 0.5) is 5.69 Å². The van der Waals surface area contributed by atoms with Crippen LogP contribution in [-0.4, -0.2) is 24.5 Å². The van der Waals surface area contributed by atoms with Gasteiger partial charge < -0.3 is 5.11 Å². The largest absolute Gasteiger partial charge is 0.478 e. The van der Waals surface area contributed by atoms with E-state index in [1.165, 1.54) is 24.4 Å². The van der Waals surface area contributed by atoms with E-state index in [0.29, 0.717) is 15.9 Å². The number of carbonyl (C=O) groups is 1. The highest BCUT2D eigenvalue weighted by Gasteiger charge is 2.13. The average molecular weight is 371 g/mol. The monoisotopic (exact) mass is 370 g/mol. The summed E-state index contributed by atoms with van der Waals surface area (Å²) in [6, 6.07) is 9.00. The van der Waals surface area contributed by atoms with Gasteiger partial charge in [0.1, 0.15) is 4.60 Å². The highest BCUT2D eigenvalue weighted by Crippen LogP contribution is 2.15. The Kier molecular flexibility index (Phi) is 4.59. The van der Waals surface area contributed by atoms with Crippen molar-refractivity contribution in [2.45, 2.75) is 5.75 Å². The van der Waals surface area contributed by atoms with Gasteiger partial charge in [-0.1, -0.05) is 12.1 Å². The van der Waals surface area contributed by atoms with Crippen molar-refractivity contribution in [3.05, 3.63) is 58.3 Å². The Morgan fingerprint density at radius 1 is 1.29 bits per heavy atom. The quantitative estimate of drug-likeness (QED) is 0.788. The number of sulfonamides is 1. The van der Waals surface area contributed by atoms with Gasteiger partial charge in [-0.05, 0) is 45.8 Å². The molecule has 21 heavy (non-hydrogen) atoms. The van der Waals surface area contributed by atoms with Crippen LogP contribution in [0.15, 0.2) is 47.2 Å². The molecular weight excluding hydrogens is 360 g/mol. The number of benzene rings is 1. The van der Waals surface area contributed by atoms with Gasteiger partial charge in [-0.3, -0.25) is 4.72 Å². The molecule has 0 radical (unpaired) electrons. The number of nitrogens with one attached hydrogen (secondary N) is 1. The molecule has 8 heteroatoms. The third kappa shape index (κ3) is 4.54. The standard InChI is InChI=1S/C13H11BrN2O4S/c14-12-5-4-11(7-15-12)16-21(19,20)8-9-2-1-3-10(6-9)13(17)18/h1-7,16H,8H2,(H,17,18). The number of hydrogen-bond acceptors (Lipinski definition) is 4. The summed E-state index contributed by atoms with van der Waals surface area (Å²) in [7, 11) is -3.64. The number of nitrogens with zero attached hydrogens (tertiary/aromatic N) is 1. The molecule has 1 aromatic heterocycles. The van der Waals surface area contributed by atoms with Crippen LogP contribution in [0, 0.1) is 0 Å². The van der Waals surface area contributed by atoms with Gasteiger partial charge in [0, 0.05) is 0 Å². The third-order valence-electron chi connectivity index (χ3n) is 2.53. The maximum absolute atomic E-state index is 12.0. The summed E-state index contributed by atoms with van der Waals surface area (Å²) in [6.45, 7) is 0. The molecule has 2 N–H and O–H groups in total. The van der Waals surface area contributed by atoms with Crippen molar-refractivity contribution in [2.24, 2.45) is 0 Å². The molecule has 0 atom stereocenters. The van der Waals surface area contributed by atoms with Gasteiger partial charge in [-0.2, -0.15) is 0 Å². The molecule has 0 amide bonds. The van der Waals surface area contributed by atoms with Crippen LogP contribution in [0.1, 0.15) is 15.9 Å². The zero-order chi connectivity index (χ0) is 15.5. The fraction of sp³-hybridized carbons (Fsp3) is 0.0769. The maximum atomic E-state index is 12.0. The van der Waals surface area contributed by atoms with Gasteiger partial charge in [-0.15, -0.1) is 0 Å². The molecule has 0 bridgehead atoms. The molecule has 110 valence electrons. The predicted octanol–water partition coefficient (Wildman–Crippen LogP) is 2.48. The Hall–Kier alpha value is -1.93. The van der Waals surface area contributed by atoms with Crippen LogP contribution in [0.2, 0.25) is 0 Å². The number of aromatic nitrogens is 1. The summed E-state index contributed by atoms with van der Waals surface area (Å²) in [5, 5.41) is 8.89. The van der Waals surface area contributed by atoms with Crippen LogP contribution >= 0.6 is 15.9 Å². The molecular formula is C13H11BrN2O4S. The van der Waals surface area contributed by atoms with Crippen LogP contribution in [0.25, 0.3) is 0 Å². The van der Waals surface area contributed by atoms with Crippen molar-refractivity contribution in [3.63, 3.8) is 0 Å². The minimum atomic E-state index is -3.64. The van der Waals surface area contributed by atoms with E-state index in [-0.39, 0.29) is 11.3 Å². The molecule has 0 aliphatic rings. The fourth-order valence-electron chi connectivity index (χ4n) is 1.67.